The number of terminal acetylenes is 1. The minimum Gasteiger partial charge on any atom is -0.481 e. The summed E-state index contributed by atoms with van der Waals surface area (Å²) < 4.78 is 5.36. The second kappa shape index (κ2) is 12.1. The van der Waals surface area contributed by atoms with E-state index in [0.717, 1.165) is 43.4 Å². The standard InChI is InChI=1S/C24H34N4O3/c1-2-18-31-22-10-8-19(9-11-22)12-15-25-24(30)28-16-13-21(14-17-28)27-23(29)26-20-6-4-3-5-7-20/h1,8-11,20-21H,3-7,12-18H2,(H,25,30)(H2,26,27,29). The molecule has 168 valence electrons. The van der Waals surface area contributed by atoms with Crippen molar-refractivity contribution >= 4 is 12.1 Å². The molecule has 3 rings (SSSR count). The summed E-state index contributed by atoms with van der Waals surface area (Å²) in [5.41, 5.74) is 1.13. The van der Waals surface area contributed by atoms with Crippen molar-refractivity contribution in [2.24, 2.45) is 0 Å². The maximum absolute atomic E-state index is 12.4. The second-order valence-corrected chi connectivity index (χ2v) is 8.33. The van der Waals surface area contributed by atoms with Gasteiger partial charge in [-0.25, -0.2) is 9.59 Å². The van der Waals surface area contributed by atoms with Crippen molar-refractivity contribution in [2.75, 3.05) is 26.2 Å². The monoisotopic (exact) mass is 426 g/mol. The van der Waals surface area contributed by atoms with Crippen LogP contribution in [0.25, 0.3) is 0 Å². The molecule has 0 aromatic heterocycles. The summed E-state index contributed by atoms with van der Waals surface area (Å²) in [6.07, 6.45) is 13.3. The molecular formula is C24H34N4O3. The van der Waals surface area contributed by atoms with Gasteiger partial charge in [-0.1, -0.05) is 37.3 Å². The number of amides is 4. The zero-order valence-corrected chi connectivity index (χ0v) is 18.2. The fraction of sp³-hybridized carbons (Fsp3) is 0.583. The number of benzene rings is 1. The Hall–Kier alpha value is -2.88. The predicted molar refractivity (Wildman–Crippen MR) is 121 cm³/mol. The minimum atomic E-state index is -0.0643. The van der Waals surface area contributed by atoms with E-state index >= 15 is 0 Å². The van der Waals surface area contributed by atoms with E-state index < -0.39 is 0 Å². The summed E-state index contributed by atoms with van der Waals surface area (Å²) in [5, 5.41) is 9.16. The molecule has 1 aliphatic heterocycles. The number of ether oxygens (including phenoxy) is 1. The van der Waals surface area contributed by atoms with Gasteiger partial charge in [-0.3, -0.25) is 0 Å². The van der Waals surface area contributed by atoms with Gasteiger partial charge in [0, 0.05) is 31.7 Å². The van der Waals surface area contributed by atoms with Crippen molar-refractivity contribution in [3.8, 4) is 18.1 Å². The van der Waals surface area contributed by atoms with E-state index in [9.17, 15) is 9.59 Å². The molecule has 4 amide bonds. The lowest BCUT2D eigenvalue weighted by atomic mass is 9.96. The van der Waals surface area contributed by atoms with Crippen LogP contribution in [0.15, 0.2) is 24.3 Å². The molecule has 0 radical (unpaired) electrons. The average molecular weight is 427 g/mol. The zero-order valence-electron chi connectivity index (χ0n) is 18.2. The van der Waals surface area contributed by atoms with Crippen LogP contribution in [-0.2, 0) is 6.42 Å². The molecule has 31 heavy (non-hydrogen) atoms. The fourth-order valence-corrected chi connectivity index (χ4v) is 4.19. The van der Waals surface area contributed by atoms with E-state index in [-0.39, 0.29) is 24.7 Å². The maximum Gasteiger partial charge on any atom is 0.317 e. The zero-order chi connectivity index (χ0) is 21.9. The van der Waals surface area contributed by atoms with Crippen LogP contribution in [0.2, 0.25) is 0 Å². The number of nitrogens with one attached hydrogen (secondary N) is 3. The van der Waals surface area contributed by atoms with Gasteiger partial charge in [-0.15, -0.1) is 6.42 Å². The highest BCUT2D eigenvalue weighted by molar-refractivity contribution is 5.75. The van der Waals surface area contributed by atoms with Gasteiger partial charge in [-0.05, 0) is 49.8 Å². The minimum absolute atomic E-state index is 0.0425. The van der Waals surface area contributed by atoms with Crippen LogP contribution in [0.5, 0.6) is 5.75 Å². The Morgan fingerprint density at radius 3 is 2.29 bits per heavy atom. The molecule has 2 aliphatic rings. The predicted octanol–water partition coefficient (Wildman–Crippen LogP) is 3.05. The Kier molecular flexibility index (Phi) is 8.89. The van der Waals surface area contributed by atoms with Gasteiger partial charge >= 0.3 is 12.1 Å². The lowest BCUT2D eigenvalue weighted by Crippen LogP contribution is -2.52. The second-order valence-electron chi connectivity index (χ2n) is 8.33. The third-order valence-electron chi connectivity index (χ3n) is 5.99. The average Bonchev–Trinajstić information content (AvgIpc) is 2.79. The van der Waals surface area contributed by atoms with E-state index in [4.69, 9.17) is 11.2 Å². The molecule has 0 atom stereocenters. The SMILES string of the molecule is C#CCOc1ccc(CCNC(=O)N2CCC(NC(=O)NC3CCCCC3)CC2)cc1. The Labute approximate surface area is 185 Å². The molecule has 1 aromatic carbocycles. The van der Waals surface area contributed by atoms with Crippen LogP contribution in [0.3, 0.4) is 0 Å². The first kappa shape index (κ1) is 22.8. The van der Waals surface area contributed by atoms with Crippen LogP contribution < -0.4 is 20.7 Å². The highest BCUT2D eigenvalue weighted by Crippen LogP contribution is 2.17. The number of carbonyl (C=O) groups is 2. The van der Waals surface area contributed by atoms with Gasteiger partial charge < -0.3 is 25.6 Å². The van der Waals surface area contributed by atoms with E-state index in [1.165, 1.54) is 19.3 Å². The summed E-state index contributed by atoms with van der Waals surface area (Å²) >= 11 is 0. The van der Waals surface area contributed by atoms with Gasteiger partial charge in [0.1, 0.15) is 12.4 Å². The van der Waals surface area contributed by atoms with Crippen molar-refractivity contribution in [2.45, 2.75) is 63.5 Å². The summed E-state index contributed by atoms with van der Waals surface area (Å²) in [4.78, 5) is 26.5. The van der Waals surface area contributed by atoms with Crippen LogP contribution in [-0.4, -0.2) is 55.3 Å². The molecule has 7 nitrogen and oxygen atoms in total. The van der Waals surface area contributed by atoms with Crippen LogP contribution in [0.1, 0.15) is 50.5 Å². The number of hydrogen-bond acceptors (Lipinski definition) is 3. The van der Waals surface area contributed by atoms with Crippen LogP contribution in [0.4, 0.5) is 9.59 Å². The molecule has 1 aromatic rings. The number of urea groups is 2. The van der Waals surface area contributed by atoms with Crippen molar-refractivity contribution in [1.82, 2.24) is 20.9 Å². The number of hydrogen-bond donors (Lipinski definition) is 3. The lowest BCUT2D eigenvalue weighted by Gasteiger charge is -2.33. The van der Waals surface area contributed by atoms with Gasteiger partial charge in [0.15, 0.2) is 0 Å². The summed E-state index contributed by atoms with van der Waals surface area (Å²) in [7, 11) is 0. The van der Waals surface area contributed by atoms with E-state index in [1.54, 1.807) is 0 Å². The Balaban J connectivity index is 1.30. The smallest absolute Gasteiger partial charge is 0.317 e. The van der Waals surface area contributed by atoms with E-state index in [2.05, 4.69) is 21.9 Å². The molecule has 1 saturated carbocycles. The quantitative estimate of drug-likeness (QED) is 0.586. The third-order valence-corrected chi connectivity index (χ3v) is 5.99. The van der Waals surface area contributed by atoms with Crippen molar-refractivity contribution < 1.29 is 14.3 Å². The lowest BCUT2D eigenvalue weighted by molar-refractivity contribution is 0.175. The molecule has 0 unspecified atom stereocenters. The number of carbonyl (C=O) groups excluding carboxylic acids is 2. The van der Waals surface area contributed by atoms with Crippen LogP contribution >= 0.6 is 0 Å². The van der Waals surface area contributed by atoms with E-state index in [0.29, 0.717) is 25.7 Å². The Morgan fingerprint density at radius 1 is 1.00 bits per heavy atom. The first-order valence-electron chi connectivity index (χ1n) is 11.4. The van der Waals surface area contributed by atoms with Gasteiger partial charge in [0.25, 0.3) is 0 Å². The summed E-state index contributed by atoms with van der Waals surface area (Å²) in [5.74, 6) is 3.18. The number of nitrogens with zero attached hydrogens (tertiary/aromatic N) is 1. The number of likely N-dealkylation sites (tertiary alicyclic amines) is 1. The Bertz CT molecular complexity index is 745. The molecular weight excluding hydrogens is 392 g/mol. The van der Waals surface area contributed by atoms with Crippen molar-refractivity contribution in [3.63, 3.8) is 0 Å². The largest absolute Gasteiger partial charge is 0.481 e. The molecule has 0 bridgehead atoms. The highest BCUT2D eigenvalue weighted by Gasteiger charge is 2.24. The maximum atomic E-state index is 12.4. The summed E-state index contributed by atoms with van der Waals surface area (Å²) in [6, 6.07) is 8.06. The first-order valence-corrected chi connectivity index (χ1v) is 11.4. The fourth-order valence-electron chi connectivity index (χ4n) is 4.19. The highest BCUT2D eigenvalue weighted by atomic mass is 16.5. The number of rotatable bonds is 7. The van der Waals surface area contributed by atoms with Crippen molar-refractivity contribution in [1.29, 1.82) is 0 Å². The summed E-state index contributed by atoms with van der Waals surface area (Å²) in [6.45, 7) is 2.14. The molecule has 2 fully saturated rings. The van der Waals surface area contributed by atoms with Crippen molar-refractivity contribution in [3.05, 3.63) is 29.8 Å². The molecule has 0 spiro atoms. The molecule has 1 saturated heterocycles. The molecule has 3 N–H and O–H groups in total. The first-order chi connectivity index (χ1) is 15.1. The van der Waals surface area contributed by atoms with E-state index in [1.807, 2.05) is 29.2 Å². The van der Waals surface area contributed by atoms with Crippen LogP contribution in [0, 0.1) is 12.3 Å². The van der Waals surface area contributed by atoms with Gasteiger partial charge in [0.05, 0.1) is 0 Å². The number of piperidine rings is 1. The normalized spacial score (nSPS) is 17.5. The van der Waals surface area contributed by atoms with Gasteiger partial charge in [0.2, 0.25) is 0 Å². The molecule has 7 heteroatoms. The molecule has 1 aliphatic carbocycles. The third kappa shape index (κ3) is 7.71. The Morgan fingerprint density at radius 2 is 1.65 bits per heavy atom. The molecule has 1 heterocycles. The topological polar surface area (TPSA) is 82.7 Å². The van der Waals surface area contributed by atoms with Gasteiger partial charge in [-0.2, -0.15) is 0 Å².